The first kappa shape index (κ1) is 11.9. The summed E-state index contributed by atoms with van der Waals surface area (Å²) < 4.78 is 4.74. The number of hydrogen-bond acceptors (Lipinski definition) is 3. The second-order valence-electron chi connectivity index (χ2n) is 3.57. The van der Waals surface area contributed by atoms with Gasteiger partial charge < -0.3 is 4.65 Å². The van der Waals surface area contributed by atoms with Crippen molar-refractivity contribution in [2.24, 2.45) is 4.99 Å². The number of nitriles is 1. The van der Waals surface area contributed by atoms with Gasteiger partial charge in [-0.2, -0.15) is 5.26 Å². The zero-order valence-corrected chi connectivity index (χ0v) is 9.58. The molecule has 0 unspecified atom stereocenters. The lowest BCUT2D eigenvalue weighted by Crippen LogP contribution is -1.91. The summed E-state index contributed by atoms with van der Waals surface area (Å²) in [7, 11) is 5.16. The second-order valence-corrected chi connectivity index (χ2v) is 3.57. The van der Waals surface area contributed by atoms with E-state index in [0.717, 1.165) is 11.3 Å². The molecule has 0 aliphatic rings. The fraction of sp³-hybridized carbons (Fsp3) is 0. The van der Waals surface area contributed by atoms with Crippen molar-refractivity contribution in [3.8, 4) is 11.8 Å². The van der Waals surface area contributed by atoms with Crippen LogP contribution in [0.2, 0.25) is 0 Å². The Labute approximate surface area is 107 Å². The minimum Gasteiger partial charge on any atom is -0.567 e. The maximum Gasteiger partial charge on any atom is 0.374 e. The minimum atomic E-state index is 0.565. The summed E-state index contributed by atoms with van der Waals surface area (Å²) in [6, 6.07) is 16.4. The molecule has 0 aromatic heterocycles. The first-order valence-electron chi connectivity index (χ1n) is 5.33. The zero-order chi connectivity index (χ0) is 12.8. The molecule has 18 heavy (non-hydrogen) atoms. The Bertz CT molecular complexity index is 600. The van der Waals surface area contributed by atoms with Crippen molar-refractivity contribution in [2.45, 2.75) is 0 Å². The molecule has 0 aliphatic carbocycles. The Balaban J connectivity index is 2.22. The molecule has 3 nitrogen and oxygen atoms in total. The van der Waals surface area contributed by atoms with Crippen LogP contribution in [-0.4, -0.2) is 14.3 Å². The molecule has 0 heterocycles. The van der Waals surface area contributed by atoms with E-state index in [1.165, 1.54) is 0 Å². The molecule has 0 bridgehead atoms. The summed E-state index contributed by atoms with van der Waals surface area (Å²) in [5.74, 6) is 0.565. The topological polar surface area (TPSA) is 45.4 Å². The van der Waals surface area contributed by atoms with E-state index in [9.17, 15) is 0 Å². The molecule has 4 heteroatoms. The maximum atomic E-state index is 8.69. The van der Waals surface area contributed by atoms with Crippen LogP contribution in [0.4, 0.5) is 5.69 Å². The zero-order valence-electron chi connectivity index (χ0n) is 9.58. The van der Waals surface area contributed by atoms with E-state index in [4.69, 9.17) is 18.0 Å². The first-order chi connectivity index (χ1) is 8.83. The molecule has 0 N–H and O–H groups in total. The fourth-order valence-electron chi connectivity index (χ4n) is 1.46. The van der Waals surface area contributed by atoms with E-state index in [-0.39, 0.29) is 0 Å². The van der Waals surface area contributed by atoms with Crippen LogP contribution < -0.4 is 4.65 Å². The Morgan fingerprint density at radius 1 is 1.11 bits per heavy atom. The first-order valence-corrected chi connectivity index (χ1v) is 5.33. The Kier molecular flexibility index (Phi) is 3.77. The van der Waals surface area contributed by atoms with Crippen molar-refractivity contribution in [3.05, 3.63) is 59.7 Å². The average Bonchev–Trinajstić information content (AvgIpc) is 2.46. The molecule has 0 spiro atoms. The van der Waals surface area contributed by atoms with Gasteiger partial charge in [0, 0.05) is 11.8 Å². The third-order valence-corrected chi connectivity index (χ3v) is 2.40. The van der Waals surface area contributed by atoms with Crippen LogP contribution in [0.15, 0.2) is 53.5 Å². The van der Waals surface area contributed by atoms with Crippen molar-refractivity contribution >= 4 is 20.0 Å². The third kappa shape index (κ3) is 2.77. The van der Waals surface area contributed by atoms with Gasteiger partial charge in [-0.3, -0.25) is 4.99 Å². The van der Waals surface area contributed by atoms with Gasteiger partial charge in [-0.25, -0.2) is 0 Å². The van der Waals surface area contributed by atoms with E-state index < -0.39 is 0 Å². The summed E-state index contributed by atoms with van der Waals surface area (Å²) in [6.07, 6.45) is 1.67. The highest BCUT2D eigenvalue weighted by Gasteiger charge is 1.97. The molecule has 2 aromatic rings. The summed E-state index contributed by atoms with van der Waals surface area (Å²) in [6.45, 7) is 0. The van der Waals surface area contributed by atoms with Crippen molar-refractivity contribution in [2.75, 3.05) is 0 Å². The third-order valence-electron chi connectivity index (χ3n) is 2.40. The average molecular weight is 232 g/mol. The van der Waals surface area contributed by atoms with E-state index in [2.05, 4.69) is 11.1 Å². The highest BCUT2D eigenvalue weighted by atomic mass is 16.4. The molecular weight excluding hydrogens is 223 g/mol. The SMILES string of the molecule is [B]Oc1ccccc1C=Nc1ccc(C#N)cc1. The van der Waals surface area contributed by atoms with Gasteiger partial charge in [0.05, 0.1) is 17.3 Å². The largest absolute Gasteiger partial charge is 0.567 e. The summed E-state index contributed by atoms with van der Waals surface area (Å²) in [5, 5.41) is 8.69. The molecule has 0 saturated heterocycles. The van der Waals surface area contributed by atoms with Gasteiger partial charge in [0.1, 0.15) is 5.75 Å². The van der Waals surface area contributed by atoms with E-state index in [1.54, 1.807) is 36.5 Å². The molecule has 0 amide bonds. The number of hydrogen-bond donors (Lipinski definition) is 0. The van der Waals surface area contributed by atoms with Crippen molar-refractivity contribution < 1.29 is 4.65 Å². The molecule has 0 atom stereocenters. The van der Waals surface area contributed by atoms with E-state index in [0.29, 0.717) is 11.3 Å². The van der Waals surface area contributed by atoms with Crippen LogP contribution in [-0.2, 0) is 0 Å². The lowest BCUT2D eigenvalue weighted by atomic mass is 10.2. The van der Waals surface area contributed by atoms with Gasteiger partial charge in [0.2, 0.25) is 0 Å². The predicted molar refractivity (Wildman–Crippen MR) is 71.2 cm³/mol. The van der Waals surface area contributed by atoms with Crippen LogP contribution >= 0.6 is 0 Å². The van der Waals surface area contributed by atoms with E-state index >= 15 is 0 Å². The van der Waals surface area contributed by atoms with Gasteiger partial charge >= 0.3 is 8.05 Å². The van der Waals surface area contributed by atoms with Gasteiger partial charge in [-0.15, -0.1) is 0 Å². The highest BCUT2D eigenvalue weighted by Crippen LogP contribution is 2.17. The molecule has 2 radical (unpaired) electrons. The summed E-state index contributed by atoms with van der Waals surface area (Å²) in [4.78, 5) is 4.29. The second kappa shape index (κ2) is 5.69. The lowest BCUT2D eigenvalue weighted by Gasteiger charge is -2.03. The van der Waals surface area contributed by atoms with Gasteiger partial charge in [-0.05, 0) is 36.4 Å². The van der Waals surface area contributed by atoms with Gasteiger partial charge in [0.25, 0.3) is 0 Å². The normalized spacial score (nSPS) is 10.2. The monoisotopic (exact) mass is 232 g/mol. The van der Waals surface area contributed by atoms with Crippen LogP contribution in [0.5, 0.6) is 5.75 Å². The number of aliphatic imine (C=N–C) groups is 1. The molecule has 0 saturated carbocycles. The molecule has 84 valence electrons. The van der Waals surface area contributed by atoms with Crippen molar-refractivity contribution in [1.29, 1.82) is 5.26 Å². The Morgan fingerprint density at radius 3 is 2.50 bits per heavy atom. The Hall–Kier alpha value is -2.54. The maximum absolute atomic E-state index is 8.69. The van der Waals surface area contributed by atoms with Crippen LogP contribution in [0.1, 0.15) is 11.1 Å². The smallest absolute Gasteiger partial charge is 0.374 e. The quantitative estimate of drug-likeness (QED) is 0.603. The fourth-order valence-corrected chi connectivity index (χ4v) is 1.46. The van der Waals surface area contributed by atoms with Gasteiger partial charge in [0.15, 0.2) is 0 Å². The van der Waals surface area contributed by atoms with Crippen LogP contribution in [0.3, 0.4) is 0 Å². The predicted octanol–water partition coefficient (Wildman–Crippen LogP) is 2.77. The standard InChI is InChI=1S/C14H9BN2O/c15-18-14-4-2-1-3-12(14)10-17-13-7-5-11(9-16)6-8-13/h1-8,10H. The lowest BCUT2D eigenvalue weighted by molar-refractivity contribution is 0.615. The summed E-state index contributed by atoms with van der Waals surface area (Å²) >= 11 is 0. The Morgan fingerprint density at radius 2 is 1.83 bits per heavy atom. The summed E-state index contributed by atoms with van der Waals surface area (Å²) in [5.41, 5.74) is 2.17. The van der Waals surface area contributed by atoms with Crippen LogP contribution in [0, 0.1) is 11.3 Å². The van der Waals surface area contributed by atoms with Gasteiger partial charge in [-0.1, -0.05) is 12.1 Å². The minimum absolute atomic E-state index is 0.565. The number of rotatable bonds is 3. The molecule has 0 aliphatic heterocycles. The van der Waals surface area contributed by atoms with Crippen LogP contribution in [0.25, 0.3) is 0 Å². The molecule has 0 fully saturated rings. The van der Waals surface area contributed by atoms with E-state index in [1.807, 2.05) is 18.2 Å². The molecular formula is C14H9BN2O. The molecule has 2 aromatic carbocycles. The number of nitrogens with zero attached hydrogens (tertiary/aromatic N) is 2. The van der Waals surface area contributed by atoms with Crippen molar-refractivity contribution in [1.82, 2.24) is 0 Å². The van der Waals surface area contributed by atoms with Crippen molar-refractivity contribution in [3.63, 3.8) is 0 Å². The number of benzene rings is 2. The molecule has 2 rings (SSSR count). The highest BCUT2D eigenvalue weighted by molar-refractivity contribution is 6.01. The number of para-hydroxylation sites is 1.